The molecule has 1 heterocycles. The van der Waals surface area contributed by atoms with Gasteiger partial charge in [-0.05, 0) is 30.0 Å². The van der Waals surface area contributed by atoms with Crippen LogP contribution in [0.3, 0.4) is 0 Å². The van der Waals surface area contributed by atoms with Gasteiger partial charge in [-0.2, -0.15) is 0 Å². The molecule has 1 unspecified atom stereocenters. The number of anilines is 1. The van der Waals surface area contributed by atoms with Gasteiger partial charge in [0.25, 0.3) is 0 Å². The van der Waals surface area contributed by atoms with Crippen molar-refractivity contribution in [1.82, 2.24) is 0 Å². The third-order valence-electron chi connectivity index (χ3n) is 3.28. The minimum absolute atomic E-state index is 0.0408. The monoisotopic (exact) mass is 279 g/mol. The zero-order chi connectivity index (χ0) is 14.7. The van der Waals surface area contributed by atoms with Crippen LogP contribution in [-0.2, 0) is 14.3 Å². The zero-order valence-electron chi connectivity index (χ0n) is 11.6. The number of carbonyl (C=O) groups excluding carboxylic acids is 2. The molecule has 108 valence electrons. The van der Waals surface area contributed by atoms with E-state index in [0.29, 0.717) is 23.8 Å². The van der Waals surface area contributed by atoms with Crippen molar-refractivity contribution in [3.63, 3.8) is 0 Å². The fourth-order valence-corrected chi connectivity index (χ4v) is 2.14. The molecule has 1 aliphatic heterocycles. The Balaban J connectivity index is 2.12. The van der Waals surface area contributed by atoms with Gasteiger partial charge in [0.2, 0.25) is 5.91 Å². The van der Waals surface area contributed by atoms with Crippen molar-refractivity contribution in [3.05, 3.63) is 29.6 Å². The quantitative estimate of drug-likeness (QED) is 0.862. The molecule has 0 bridgehead atoms. The third kappa shape index (κ3) is 3.35. The van der Waals surface area contributed by atoms with Gasteiger partial charge in [0.05, 0.1) is 12.5 Å². The second-order valence-electron chi connectivity index (χ2n) is 5.39. The van der Waals surface area contributed by atoms with E-state index in [1.54, 1.807) is 0 Å². The maximum atomic E-state index is 13.2. The first-order valence-electron chi connectivity index (χ1n) is 6.73. The first kappa shape index (κ1) is 14.5. The highest BCUT2D eigenvalue weighted by Gasteiger charge is 2.32. The van der Waals surface area contributed by atoms with Crippen LogP contribution in [0, 0.1) is 11.7 Å². The second kappa shape index (κ2) is 6.03. The third-order valence-corrected chi connectivity index (χ3v) is 3.28. The molecule has 5 heteroatoms. The van der Waals surface area contributed by atoms with Crippen molar-refractivity contribution >= 4 is 17.6 Å². The molecule has 0 radical (unpaired) electrons. The number of halogens is 1. The average Bonchev–Trinajstić information content (AvgIpc) is 2.36. The van der Waals surface area contributed by atoms with E-state index in [1.165, 1.54) is 18.2 Å². The molecule has 0 aliphatic carbocycles. The van der Waals surface area contributed by atoms with Gasteiger partial charge in [-0.25, -0.2) is 4.39 Å². The number of amides is 1. The Morgan fingerprint density at radius 2 is 2.25 bits per heavy atom. The minimum Gasteiger partial charge on any atom is -0.465 e. The standard InChI is InChI=1S/C15H18FNO3/c1-9(2)5-6-20-15(19)12-8-14(18)17-13-7-10(16)3-4-11(12)13/h3-4,7,9,12H,5-6,8H2,1-2H3,(H,17,18). The highest BCUT2D eigenvalue weighted by atomic mass is 19.1. The number of benzene rings is 1. The Hall–Kier alpha value is -1.91. The molecule has 1 N–H and O–H groups in total. The summed E-state index contributed by atoms with van der Waals surface area (Å²) < 4.78 is 18.4. The fourth-order valence-electron chi connectivity index (χ4n) is 2.14. The lowest BCUT2D eigenvalue weighted by molar-refractivity contribution is -0.147. The van der Waals surface area contributed by atoms with Crippen molar-refractivity contribution in [2.45, 2.75) is 32.6 Å². The lowest BCUT2D eigenvalue weighted by atomic mass is 9.90. The smallest absolute Gasteiger partial charge is 0.314 e. The molecule has 20 heavy (non-hydrogen) atoms. The number of rotatable bonds is 4. The van der Waals surface area contributed by atoms with Crippen molar-refractivity contribution in [1.29, 1.82) is 0 Å². The molecule has 1 aromatic carbocycles. The van der Waals surface area contributed by atoms with Gasteiger partial charge in [0.15, 0.2) is 0 Å². The molecule has 1 aromatic rings. The van der Waals surface area contributed by atoms with Gasteiger partial charge in [0.1, 0.15) is 5.82 Å². The predicted molar refractivity (Wildman–Crippen MR) is 72.8 cm³/mol. The molecule has 0 fully saturated rings. The van der Waals surface area contributed by atoms with E-state index in [1.807, 2.05) is 13.8 Å². The molecular weight excluding hydrogens is 261 g/mol. The number of carbonyl (C=O) groups is 2. The Bertz CT molecular complexity index is 528. The number of ether oxygens (including phenoxy) is 1. The number of esters is 1. The molecular formula is C15H18FNO3. The summed E-state index contributed by atoms with van der Waals surface area (Å²) in [5, 5.41) is 2.57. The van der Waals surface area contributed by atoms with E-state index in [4.69, 9.17) is 4.74 Å². The average molecular weight is 279 g/mol. The summed E-state index contributed by atoms with van der Waals surface area (Å²) in [6.45, 7) is 4.42. The van der Waals surface area contributed by atoms with E-state index in [-0.39, 0.29) is 12.3 Å². The molecule has 0 spiro atoms. The van der Waals surface area contributed by atoms with E-state index >= 15 is 0 Å². The maximum absolute atomic E-state index is 13.2. The summed E-state index contributed by atoms with van der Waals surface area (Å²) in [4.78, 5) is 23.7. The summed E-state index contributed by atoms with van der Waals surface area (Å²) in [6, 6.07) is 4.03. The van der Waals surface area contributed by atoms with Crippen molar-refractivity contribution < 1.29 is 18.7 Å². The van der Waals surface area contributed by atoms with Gasteiger partial charge in [-0.1, -0.05) is 19.9 Å². The Labute approximate surface area is 117 Å². The van der Waals surface area contributed by atoms with Crippen LogP contribution in [0.5, 0.6) is 0 Å². The molecule has 0 saturated heterocycles. The molecule has 4 nitrogen and oxygen atoms in total. The summed E-state index contributed by atoms with van der Waals surface area (Å²) in [5.41, 5.74) is 0.965. The second-order valence-corrected chi connectivity index (χ2v) is 5.39. The largest absolute Gasteiger partial charge is 0.465 e. The van der Waals surface area contributed by atoms with Crippen LogP contribution in [-0.4, -0.2) is 18.5 Å². The molecule has 2 rings (SSSR count). The molecule has 1 atom stereocenters. The Kier molecular flexibility index (Phi) is 4.37. The first-order chi connectivity index (χ1) is 9.47. The number of hydrogen-bond acceptors (Lipinski definition) is 3. The van der Waals surface area contributed by atoms with Gasteiger partial charge in [-0.15, -0.1) is 0 Å². The van der Waals surface area contributed by atoms with Gasteiger partial charge >= 0.3 is 5.97 Å². The lowest BCUT2D eigenvalue weighted by Gasteiger charge is -2.24. The lowest BCUT2D eigenvalue weighted by Crippen LogP contribution is -2.29. The minimum atomic E-state index is -0.647. The van der Waals surface area contributed by atoms with Crippen molar-refractivity contribution in [3.8, 4) is 0 Å². The fraction of sp³-hybridized carbons (Fsp3) is 0.467. The summed E-state index contributed by atoms with van der Waals surface area (Å²) in [7, 11) is 0. The zero-order valence-corrected chi connectivity index (χ0v) is 11.6. The molecule has 1 aliphatic rings. The summed E-state index contributed by atoms with van der Waals surface area (Å²) in [6.07, 6.45) is 0.820. The van der Waals surface area contributed by atoms with Crippen LogP contribution >= 0.6 is 0 Å². The number of nitrogens with one attached hydrogen (secondary N) is 1. The van der Waals surface area contributed by atoms with E-state index < -0.39 is 17.7 Å². The van der Waals surface area contributed by atoms with E-state index in [2.05, 4.69) is 5.32 Å². The SMILES string of the molecule is CC(C)CCOC(=O)C1CC(=O)Nc2cc(F)ccc21. The molecule has 0 saturated carbocycles. The summed E-state index contributed by atoms with van der Waals surface area (Å²) >= 11 is 0. The molecule has 0 aromatic heterocycles. The van der Waals surface area contributed by atoms with Crippen LogP contribution < -0.4 is 5.32 Å². The van der Waals surface area contributed by atoms with Crippen LogP contribution in [0.1, 0.15) is 38.2 Å². The van der Waals surface area contributed by atoms with Crippen LogP contribution in [0.15, 0.2) is 18.2 Å². The normalized spacial score (nSPS) is 17.6. The van der Waals surface area contributed by atoms with Crippen LogP contribution in [0.4, 0.5) is 10.1 Å². The van der Waals surface area contributed by atoms with Crippen molar-refractivity contribution in [2.75, 3.05) is 11.9 Å². The highest BCUT2D eigenvalue weighted by Crippen LogP contribution is 2.33. The van der Waals surface area contributed by atoms with E-state index in [0.717, 1.165) is 6.42 Å². The van der Waals surface area contributed by atoms with Gasteiger partial charge in [-0.3, -0.25) is 9.59 Å². The predicted octanol–water partition coefficient (Wildman–Crippen LogP) is 2.84. The Morgan fingerprint density at radius 1 is 1.50 bits per heavy atom. The van der Waals surface area contributed by atoms with Crippen LogP contribution in [0.2, 0.25) is 0 Å². The van der Waals surface area contributed by atoms with Gasteiger partial charge in [0, 0.05) is 12.1 Å². The molecule has 1 amide bonds. The van der Waals surface area contributed by atoms with Crippen molar-refractivity contribution in [2.24, 2.45) is 5.92 Å². The highest BCUT2D eigenvalue weighted by molar-refractivity contribution is 5.99. The number of hydrogen-bond donors (Lipinski definition) is 1. The van der Waals surface area contributed by atoms with E-state index in [9.17, 15) is 14.0 Å². The Morgan fingerprint density at radius 3 is 2.95 bits per heavy atom. The summed E-state index contributed by atoms with van der Waals surface area (Å²) in [5.74, 6) is -1.37. The van der Waals surface area contributed by atoms with Crippen LogP contribution in [0.25, 0.3) is 0 Å². The topological polar surface area (TPSA) is 55.4 Å². The number of fused-ring (bicyclic) bond motifs is 1. The first-order valence-corrected chi connectivity index (χ1v) is 6.73. The maximum Gasteiger partial charge on any atom is 0.314 e. The van der Waals surface area contributed by atoms with Gasteiger partial charge < -0.3 is 10.1 Å².